The van der Waals surface area contributed by atoms with Crippen LogP contribution in [0.15, 0.2) is 35.7 Å². The zero-order chi connectivity index (χ0) is 14.4. The van der Waals surface area contributed by atoms with Crippen molar-refractivity contribution in [2.45, 2.75) is 19.3 Å². The number of aromatic nitrogens is 1. The number of nitrogens with one attached hydrogen (secondary N) is 1. The Kier molecular flexibility index (Phi) is 4.84. The van der Waals surface area contributed by atoms with Gasteiger partial charge in [-0.2, -0.15) is 0 Å². The molecule has 0 aliphatic rings. The average Bonchev–Trinajstić information content (AvgIpc) is 2.88. The molecular formula is C14H13N2O3S-. The first-order valence-corrected chi connectivity index (χ1v) is 7.04. The van der Waals surface area contributed by atoms with E-state index in [0.29, 0.717) is 5.13 Å². The van der Waals surface area contributed by atoms with Gasteiger partial charge in [0, 0.05) is 23.3 Å². The molecule has 2 aromatic rings. The smallest absolute Gasteiger partial charge is 0.226 e. The summed E-state index contributed by atoms with van der Waals surface area (Å²) < 4.78 is 0. The van der Waals surface area contributed by atoms with E-state index in [4.69, 9.17) is 0 Å². The lowest BCUT2D eigenvalue weighted by Gasteiger charge is -2.02. The van der Waals surface area contributed by atoms with Gasteiger partial charge in [-0.1, -0.05) is 30.3 Å². The Morgan fingerprint density at radius 1 is 1.20 bits per heavy atom. The molecule has 1 aromatic carbocycles. The zero-order valence-electron chi connectivity index (χ0n) is 10.7. The number of carboxylic acid groups (broad SMARTS) is 1. The predicted molar refractivity (Wildman–Crippen MR) is 75.0 cm³/mol. The van der Waals surface area contributed by atoms with Gasteiger partial charge in [0.25, 0.3) is 0 Å². The quantitative estimate of drug-likeness (QED) is 0.877. The number of hydrogen-bond donors (Lipinski definition) is 1. The highest BCUT2D eigenvalue weighted by atomic mass is 32.1. The first-order valence-electron chi connectivity index (χ1n) is 6.16. The van der Waals surface area contributed by atoms with Gasteiger partial charge in [-0.05, 0) is 12.8 Å². The topological polar surface area (TPSA) is 82.1 Å². The molecule has 20 heavy (non-hydrogen) atoms. The maximum atomic E-state index is 11.6. The Labute approximate surface area is 120 Å². The number of hydrogen-bond acceptors (Lipinski definition) is 5. The van der Waals surface area contributed by atoms with E-state index in [2.05, 4.69) is 10.3 Å². The second-order valence-electron chi connectivity index (χ2n) is 4.18. The van der Waals surface area contributed by atoms with Crippen LogP contribution >= 0.6 is 11.3 Å². The molecule has 1 aromatic heterocycles. The summed E-state index contributed by atoms with van der Waals surface area (Å²) in [6.45, 7) is 0. The highest BCUT2D eigenvalue weighted by Gasteiger charge is 2.07. The maximum Gasteiger partial charge on any atom is 0.226 e. The molecule has 2 rings (SSSR count). The van der Waals surface area contributed by atoms with Crippen LogP contribution in [0, 0.1) is 0 Å². The number of carboxylic acids is 1. The minimum Gasteiger partial charge on any atom is -0.550 e. The third kappa shape index (κ3) is 4.17. The number of thiazole rings is 1. The molecule has 0 saturated heterocycles. The van der Waals surface area contributed by atoms with Crippen molar-refractivity contribution in [2.24, 2.45) is 0 Å². The molecule has 0 saturated carbocycles. The molecule has 0 aliphatic heterocycles. The molecule has 0 bridgehead atoms. The second kappa shape index (κ2) is 6.81. The van der Waals surface area contributed by atoms with Gasteiger partial charge in [0.15, 0.2) is 5.13 Å². The fourth-order valence-electron chi connectivity index (χ4n) is 1.65. The number of carbonyl (C=O) groups is 2. The monoisotopic (exact) mass is 289 g/mol. The maximum absolute atomic E-state index is 11.6. The van der Waals surface area contributed by atoms with Crippen LogP contribution in [0.5, 0.6) is 0 Å². The van der Waals surface area contributed by atoms with Gasteiger partial charge in [-0.15, -0.1) is 11.3 Å². The normalized spacial score (nSPS) is 10.2. The number of amides is 1. The summed E-state index contributed by atoms with van der Waals surface area (Å²) in [6, 6.07) is 9.66. The largest absolute Gasteiger partial charge is 0.550 e. The first kappa shape index (κ1) is 14.2. The van der Waals surface area contributed by atoms with Crippen molar-refractivity contribution in [3.63, 3.8) is 0 Å². The molecule has 1 N–H and O–H groups in total. The van der Waals surface area contributed by atoms with Crippen LogP contribution in [0.2, 0.25) is 0 Å². The van der Waals surface area contributed by atoms with Gasteiger partial charge >= 0.3 is 0 Å². The Hall–Kier alpha value is -2.21. The van der Waals surface area contributed by atoms with Crippen LogP contribution in [0.3, 0.4) is 0 Å². The van der Waals surface area contributed by atoms with Crippen LogP contribution in [-0.2, 0) is 9.59 Å². The van der Waals surface area contributed by atoms with Crippen LogP contribution in [0.4, 0.5) is 5.13 Å². The van der Waals surface area contributed by atoms with Crippen LogP contribution in [0.1, 0.15) is 19.3 Å². The molecule has 0 unspecified atom stereocenters. The average molecular weight is 289 g/mol. The first-order chi connectivity index (χ1) is 9.65. The van der Waals surface area contributed by atoms with Crippen LogP contribution in [-0.4, -0.2) is 16.9 Å². The lowest BCUT2D eigenvalue weighted by Crippen LogP contribution is -2.22. The molecule has 1 heterocycles. The highest BCUT2D eigenvalue weighted by Crippen LogP contribution is 2.24. The minimum absolute atomic E-state index is 0.111. The Bertz CT molecular complexity index is 595. The molecule has 1 amide bonds. The van der Waals surface area contributed by atoms with Crippen molar-refractivity contribution in [3.8, 4) is 11.3 Å². The van der Waals surface area contributed by atoms with E-state index >= 15 is 0 Å². The third-order valence-electron chi connectivity index (χ3n) is 2.60. The van der Waals surface area contributed by atoms with E-state index in [1.54, 1.807) is 0 Å². The van der Waals surface area contributed by atoms with Gasteiger partial charge in [-0.25, -0.2) is 4.98 Å². The predicted octanol–water partition coefficient (Wildman–Crippen LogP) is 1.67. The summed E-state index contributed by atoms with van der Waals surface area (Å²) in [5.41, 5.74) is 1.79. The van der Waals surface area contributed by atoms with Crippen LogP contribution < -0.4 is 10.4 Å². The summed E-state index contributed by atoms with van der Waals surface area (Å²) in [5, 5.41) is 15.3. The minimum atomic E-state index is -1.14. The van der Waals surface area contributed by atoms with Gasteiger partial charge < -0.3 is 15.2 Å². The zero-order valence-corrected chi connectivity index (χ0v) is 11.5. The Morgan fingerprint density at radius 3 is 2.65 bits per heavy atom. The number of rotatable bonds is 6. The van der Waals surface area contributed by atoms with Gasteiger partial charge in [-0.3, -0.25) is 4.79 Å². The van der Waals surface area contributed by atoms with Gasteiger partial charge in [0.1, 0.15) is 0 Å². The summed E-state index contributed by atoms with van der Waals surface area (Å²) >= 11 is 1.34. The summed E-state index contributed by atoms with van der Waals surface area (Å²) in [4.78, 5) is 26.1. The second-order valence-corrected chi connectivity index (χ2v) is 5.04. The van der Waals surface area contributed by atoms with Crippen molar-refractivity contribution >= 4 is 28.3 Å². The molecule has 0 radical (unpaired) electrons. The number of carbonyl (C=O) groups excluding carboxylic acids is 2. The van der Waals surface area contributed by atoms with Crippen LogP contribution in [0.25, 0.3) is 11.3 Å². The summed E-state index contributed by atoms with van der Waals surface area (Å²) in [7, 11) is 0. The van der Waals surface area contributed by atoms with Crippen molar-refractivity contribution in [3.05, 3.63) is 35.7 Å². The van der Waals surface area contributed by atoms with E-state index in [1.807, 2.05) is 35.7 Å². The Morgan fingerprint density at radius 2 is 1.95 bits per heavy atom. The van der Waals surface area contributed by atoms with Crippen molar-refractivity contribution in [2.75, 3.05) is 5.32 Å². The molecular weight excluding hydrogens is 276 g/mol. The molecule has 6 heteroatoms. The number of aliphatic carboxylic acids is 1. The van der Waals surface area contributed by atoms with E-state index < -0.39 is 5.97 Å². The van der Waals surface area contributed by atoms with E-state index in [-0.39, 0.29) is 25.2 Å². The fourth-order valence-corrected chi connectivity index (χ4v) is 2.38. The fraction of sp³-hybridized carbons (Fsp3) is 0.214. The van der Waals surface area contributed by atoms with Gasteiger partial charge in [0.2, 0.25) is 5.91 Å². The number of nitrogens with zero attached hydrogens (tertiary/aromatic N) is 1. The lowest BCUT2D eigenvalue weighted by molar-refractivity contribution is -0.305. The highest BCUT2D eigenvalue weighted by molar-refractivity contribution is 7.14. The molecule has 0 spiro atoms. The van der Waals surface area contributed by atoms with Gasteiger partial charge in [0.05, 0.1) is 5.69 Å². The van der Waals surface area contributed by atoms with Crippen molar-refractivity contribution in [1.82, 2.24) is 4.98 Å². The SMILES string of the molecule is O=C([O-])CCCC(=O)Nc1nc(-c2ccccc2)cs1. The number of anilines is 1. The standard InChI is InChI=1S/C14H14N2O3S/c17-12(7-4-8-13(18)19)16-14-15-11(9-20-14)10-5-2-1-3-6-10/h1-3,5-6,9H,4,7-8H2,(H,18,19)(H,15,16,17)/p-1. The molecule has 104 valence electrons. The van der Waals surface area contributed by atoms with Crippen molar-refractivity contribution in [1.29, 1.82) is 0 Å². The van der Waals surface area contributed by atoms with Crippen molar-refractivity contribution < 1.29 is 14.7 Å². The van der Waals surface area contributed by atoms with E-state index in [1.165, 1.54) is 11.3 Å². The third-order valence-corrected chi connectivity index (χ3v) is 3.36. The Balaban J connectivity index is 1.90. The molecule has 5 nitrogen and oxygen atoms in total. The van der Waals surface area contributed by atoms with E-state index in [9.17, 15) is 14.7 Å². The lowest BCUT2D eigenvalue weighted by atomic mass is 10.2. The summed E-state index contributed by atoms with van der Waals surface area (Å²) in [5.74, 6) is -1.38. The summed E-state index contributed by atoms with van der Waals surface area (Å²) in [6.07, 6.45) is 0.305. The number of benzene rings is 1. The molecule has 0 aliphatic carbocycles. The van der Waals surface area contributed by atoms with E-state index in [0.717, 1.165) is 11.3 Å². The molecule has 0 fully saturated rings. The molecule has 0 atom stereocenters.